The lowest BCUT2D eigenvalue weighted by atomic mass is 9.86. The zero-order valence-electron chi connectivity index (χ0n) is 20.2. The molecule has 1 N–H and O–H groups in total. The van der Waals surface area contributed by atoms with E-state index in [-0.39, 0.29) is 23.9 Å². The predicted octanol–water partition coefficient (Wildman–Crippen LogP) is 5.25. The molecule has 0 radical (unpaired) electrons. The highest BCUT2D eigenvalue weighted by Gasteiger charge is 2.35. The standard InChI is InChI=1S/C26H35FN2O4/c1-25(2,3)18-28-24(30)29(4)22-8-6-19(7-9-22)17-33-23-15-20(14-21(27)16-23)26(31-5)10-12-32-13-11-26/h6-9,14-16H,10-13,17-18H2,1-5H3,(H,28,30). The summed E-state index contributed by atoms with van der Waals surface area (Å²) < 4.78 is 31.5. The highest BCUT2D eigenvalue weighted by atomic mass is 19.1. The number of carbonyl (C=O) groups excluding carboxylic acids is 1. The van der Waals surface area contributed by atoms with E-state index in [9.17, 15) is 9.18 Å². The van der Waals surface area contributed by atoms with Crippen LogP contribution >= 0.6 is 0 Å². The molecule has 0 aromatic heterocycles. The number of benzene rings is 2. The number of amides is 2. The number of hydrogen-bond donors (Lipinski definition) is 1. The van der Waals surface area contributed by atoms with Crippen molar-refractivity contribution >= 4 is 11.7 Å². The molecule has 3 rings (SSSR count). The Morgan fingerprint density at radius 3 is 2.42 bits per heavy atom. The van der Waals surface area contributed by atoms with Crippen molar-refractivity contribution < 1.29 is 23.4 Å². The summed E-state index contributed by atoms with van der Waals surface area (Å²) in [5.41, 5.74) is 1.92. The number of rotatable bonds is 7. The Morgan fingerprint density at radius 1 is 1.15 bits per heavy atom. The molecule has 33 heavy (non-hydrogen) atoms. The molecule has 180 valence electrons. The Balaban J connectivity index is 1.63. The molecule has 6 nitrogen and oxygen atoms in total. The fraction of sp³-hybridized carbons (Fsp3) is 0.500. The van der Waals surface area contributed by atoms with E-state index < -0.39 is 5.60 Å². The van der Waals surface area contributed by atoms with Gasteiger partial charge in [0, 0.05) is 58.5 Å². The molecule has 1 heterocycles. The molecule has 0 spiro atoms. The predicted molar refractivity (Wildman–Crippen MR) is 127 cm³/mol. The fourth-order valence-corrected chi connectivity index (χ4v) is 3.78. The summed E-state index contributed by atoms with van der Waals surface area (Å²) >= 11 is 0. The van der Waals surface area contributed by atoms with Gasteiger partial charge >= 0.3 is 6.03 Å². The fourth-order valence-electron chi connectivity index (χ4n) is 3.78. The second-order valence-electron chi connectivity index (χ2n) is 9.72. The summed E-state index contributed by atoms with van der Waals surface area (Å²) in [6.07, 6.45) is 1.34. The summed E-state index contributed by atoms with van der Waals surface area (Å²) in [4.78, 5) is 13.9. The molecule has 2 aromatic carbocycles. The van der Waals surface area contributed by atoms with Gasteiger partial charge < -0.3 is 19.5 Å². The molecule has 1 saturated heterocycles. The minimum atomic E-state index is -0.557. The average Bonchev–Trinajstić information content (AvgIpc) is 2.80. The minimum absolute atomic E-state index is 0.0160. The van der Waals surface area contributed by atoms with Gasteiger partial charge in [0.1, 0.15) is 18.2 Å². The van der Waals surface area contributed by atoms with Gasteiger partial charge in [0.25, 0.3) is 0 Å². The van der Waals surface area contributed by atoms with Gasteiger partial charge in [0.2, 0.25) is 0 Å². The zero-order chi connectivity index (χ0) is 24.1. The number of urea groups is 1. The van der Waals surface area contributed by atoms with E-state index in [4.69, 9.17) is 14.2 Å². The first kappa shape index (κ1) is 25.0. The number of anilines is 1. The van der Waals surface area contributed by atoms with Crippen LogP contribution in [0.3, 0.4) is 0 Å². The maximum absolute atomic E-state index is 14.4. The summed E-state index contributed by atoms with van der Waals surface area (Å²) in [5, 5.41) is 2.94. The van der Waals surface area contributed by atoms with Crippen LogP contribution < -0.4 is 15.0 Å². The summed E-state index contributed by atoms with van der Waals surface area (Å²) in [7, 11) is 3.39. The third-order valence-electron chi connectivity index (χ3n) is 5.89. The number of halogens is 1. The topological polar surface area (TPSA) is 60.0 Å². The quantitative estimate of drug-likeness (QED) is 0.616. The number of carbonyl (C=O) groups is 1. The van der Waals surface area contributed by atoms with Crippen LogP contribution in [0.1, 0.15) is 44.7 Å². The van der Waals surface area contributed by atoms with E-state index in [1.807, 2.05) is 30.3 Å². The van der Waals surface area contributed by atoms with Crippen molar-refractivity contribution in [1.82, 2.24) is 5.32 Å². The summed E-state index contributed by atoms with van der Waals surface area (Å²) in [6.45, 7) is 8.25. The van der Waals surface area contributed by atoms with Crippen LogP contribution in [-0.4, -0.2) is 39.9 Å². The molecule has 0 unspecified atom stereocenters. The van der Waals surface area contributed by atoms with E-state index >= 15 is 0 Å². The molecule has 0 atom stereocenters. The van der Waals surface area contributed by atoms with Crippen molar-refractivity contribution in [2.24, 2.45) is 5.41 Å². The number of nitrogens with one attached hydrogen (secondary N) is 1. The van der Waals surface area contributed by atoms with Crippen molar-refractivity contribution in [1.29, 1.82) is 0 Å². The van der Waals surface area contributed by atoms with Crippen LogP contribution in [0.15, 0.2) is 42.5 Å². The zero-order valence-corrected chi connectivity index (χ0v) is 20.2. The number of ether oxygens (including phenoxy) is 3. The lowest BCUT2D eigenvalue weighted by Gasteiger charge is -2.36. The molecule has 0 bridgehead atoms. The first-order valence-corrected chi connectivity index (χ1v) is 11.3. The lowest BCUT2D eigenvalue weighted by Crippen LogP contribution is -2.41. The molecule has 1 aliphatic rings. The third-order valence-corrected chi connectivity index (χ3v) is 5.89. The molecule has 1 fully saturated rings. The molecule has 2 aromatic rings. The Labute approximate surface area is 196 Å². The number of methoxy groups -OCH3 is 1. The van der Waals surface area contributed by atoms with Crippen LogP contribution in [-0.2, 0) is 21.7 Å². The van der Waals surface area contributed by atoms with Crippen molar-refractivity contribution in [2.45, 2.75) is 45.8 Å². The molecular formula is C26H35FN2O4. The third kappa shape index (κ3) is 6.68. The van der Waals surface area contributed by atoms with Crippen molar-refractivity contribution in [2.75, 3.05) is 38.8 Å². The van der Waals surface area contributed by atoms with Crippen molar-refractivity contribution in [3.8, 4) is 5.75 Å². The van der Waals surface area contributed by atoms with Crippen LogP contribution in [0.25, 0.3) is 0 Å². The van der Waals surface area contributed by atoms with E-state index in [0.717, 1.165) is 16.8 Å². The molecule has 7 heteroatoms. The lowest BCUT2D eigenvalue weighted by molar-refractivity contribution is -0.0950. The summed E-state index contributed by atoms with van der Waals surface area (Å²) in [5.74, 6) is 0.0966. The van der Waals surface area contributed by atoms with Gasteiger partial charge in [0.15, 0.2) is 0 Å². The average molecular weight is 459 g/mol. The van der Waals surface area contributed by atoms with E-state index in [2.05, 4.69) is 26.1 Å². The van der Waals surface area contributed by atoms with Crippen LogP contribution in [0.4, 0.5) is 14.9 Å². The van der Waals surface area contributed by atoms with Gasteiger partial charge in [-0.2, -0.15) is 0 Å². The largest absolute Gasteiger partial charge is 0.489 e. The van der Waals surface area contributed by atoms with E-state index in [1.54, 1.807) is 19.1 Å². The van der Waals surface area contributed by atoms with Gasteiger partial charge in [-0.05, 0) is 40.8 Å². The van der Waals surface area contributed by atoms with Crippen molar-refractivity contribution in [3.05, 3.63) is 59.4 Å². The number of hydrogen-bond acceptors (Lipinski definition) is 4. The second-order valence-corrected chi connectivity index (χ2v) is 9.72. The van der Waals surface area contributed by atoms with Crippen molar-refractivity contribution in [3.63, 3.8) is 0 Å². The smallest absolute Gasteiger partial charge is 0.321 e. The molecule has 2 amide bonds. The Bertz CT molecular complexity index is 934. The van der Waals surface area contributed by atoms with Crippen LogP contribution in [0.2, 0.25) is 0 Å². The van der Waals surface area contributed by atoms with Gasteiger partial charge in [-0.25, -0.2) is 9.18 Å². The van der Waals surface area contributed by atoms with Gasteiger partial charge in [0.05, 0.1) is 5.60 Å². The van der Waals surface area contributed by atoms with Crippen LogP contribution in [0.5, 0.6) is 5.75 Å². The highest BCUT2D eigenvalue weighted by molar-refractivity contribution is 5.91. The Hall–Kier alpha value is -2.64. The first-order chi connectivity index (χ1) is 15.6. The van der Waals surface area contributed by atoms with E-state index in [1.165, 1.54) is 12.1 Å². The van der Waals surface area contributed by atoms with Gasteiger partial charge in [-0.1, -0.05) is 32.9 Å². The molecular weight excluding hydrogens is 423 g/mol. The maximum Gasteiger partial charge on any atom is 0.321 e. The Morgan fingerprint density at radius 2 is 1.82 bits per heavy atom. The van der Waals surface area contributed by atoms with Crippen LogP contribution in [0, 0.1) is 11.2 Å². The van der Waals surface area contributed by atoms with Gasteiger partial charge in [-0.3, -0.25) is 4.90 Å². The highest BCUT2D eigenvalue weighted by Crippen LogP contribution is 2.37. The second kappa shape index (κ2) is 10.5. The monoisotopic (exact) mass is 458 g/mol. The molecule has 1 aliphatic heterocycles. The van der Waals surface area contributed by atoms with E-state index in [0.29, 0.717) is 38.3 Å². The SMILES string of the molecule is COC1(c2cc(F)cc(OCc3ccc(N(C)C(=O)NCC(C)(C)C)cc3)c2)CCOCC1. The normalized spacial score (nSPS) is 15.7. The minimum Gasteiger partial charge on any atom is -0.489 e. The Kier molecular flexibility index (Phi) is 7.97. The maximum atomic E-state index is 14.4. The first-order valence-electron chi connectivity index (χ1n) is 11.3. The van der Waals surface area contributed by atoms with Gasteiger partial charge in [-0.15, -0.1) is 0 Å². The summed E-state index contributed by atoms with van der Waals surface area (Å²) in [6, 6.07) is 12.1. The molecule has 0 saturated carbocycles. The molecule has 0 aliphatic carbocycles. The number of nitrogens with zero attached hydrogens (tertiary/aromatic N) is 1.